The molecule has 0 saturated heterocycles. The van der Waals surface area contributed by atoms with E-state index in [1.807, 2.05) is 24.3 Å². The van der Waals surface area contributed by atoms with E-state index in [-0.39, 0.29) is 11.7 Å². The number of nitrogens with zero attached hydrogens (tertiary/aromatic N) is 4. The highest BCUT2D eigenvalue weighted by Crippen LogP contribution is 2.32. The van der Waals surface area contributed by atoms with Gasteiger partial charge in [0.1, 0.15) is 0 Å². The molecule has 1 aromatic carbocycles. The number of carbonyl (C=O) groups is 1. The lowest BCUT2D eigenvalue weighted by Crippen LogP contribution is -2.21. The van der Waals surface area contributed by atoms with Crippen molar-refractivity contribution in [3.8, 4) is 0 Å². The van der Waals surface area contributed by atoms with Gasteiger partial charge in [-0.2, -0.15) is 4.98 Å². The Balaban J connectivity index is 1.63. The van der Waals surface area contributed by atoms with Gasteiger partial charge in [-0.15, -0.1) is 5.10 Å². The van der Waals surface area contributed by atoms with Crippen LogP contribution in [0.3, 0.4) is 0 Å². The van der Waals surface area contributed by atoms with Gasteiger partial charge in [0.15, 0.2) is 5.78 Å². The standard InChI is InChI=1S/C19H19ClN4OS/c1-2-3-8-26-19-22-18-21-16-9-13(12-4-6-14(20)7-5-12)10-17(25)15(16)11-24(18)23-19/h4-7,11,13H,2-3,8-10H2,1H3/t13-/m1/s1. The molecule has 2 heterocycles. The molecular formula is C19H19ClN4OS. The smallest absolute Gasteiger partial charge is 0.253 e. The van der Waals surface area contributed by atoms with E-state index in [1.54, 1.807) is 22.5 Å². The third kappa shape index (κ3) is 3.48. The first-order valence-corrected chi connectivity index (χ1v) is 10.2. The summed E-state index contributed by atoms with van der Waals surface area (Å²) in [4.78, 5) is 21.8. The number of hydrogen-bond acceptors (Lipinski definition) is 5. The number of ketones is 1. The molecule has 0 bridgehead atoms. The van der Waals surface area contributed by atoms with Crippen molar-refractivity contribution in [3.63, 3.8) is 0 Å². The molecule has 0 radical (unpaired) electrons. The topological polar surface area (TPSA) is 60.1 Å². The fourth-order valence-electron chi connectivity index (χ4n) is 3.20. The van der Waals surface area contributed by atoms with Crippen LogP contribution in [0.15, 0.2) is 35.6 Å². The predicted octanol–water partition coefficient (Wildman–Crippen LogP) is 4.58. The Morgan fingerprint density at radius 2 is 2.04 bits per heavy atom. The lowest BCUT2D eigenvalue weighted by molar-refractivity contribution is 0.0962. The monoisotopic (exact) mass is 386 g/mol. The molecule has 26 heavy (non-hydrogen) atoms. The van der Waals surface area contributed by atoms with Crippen LogP contribution in [0.4, 0.5) is 0 Å². The molecule has 0 aliphatic heterocycles. The van der Waals surface area contributed by atoms with Crippen molar-refractivity contribution < 1.29 is 4.79 Å². The Bertz CT molecular complexity index is 954. The number of thioether (sulfide) groups is 1. The van der Waals surface area contributed by atoms with Crippen LogP contribution in [-0.4, -0.2) is 31.1 Å². The predicted molar refractivity (Wildman–Crippen MR) is 103 cm³/mol. The first-order valence-electron chi connectivity index (χ1n) is 8.82. The number of aromatic nitrogens is 4. The van der Waals surface area contributed by atoms with Crippen molar-refractivity contribution in [2.75, 3.05) is 5.75 Å². The van der Waals surface area contributed by atoms with Crippen molar-refractivity contribution in [2.24, 2.45) is 0 Å². The molecule has 0 saturated carbocycles. The summed E-state index contributed by atoms with van der Waals surface area (Å²) in [6.45, 7) is 2.16. The number of Topliss-reactive ketones (excluding diaryl/α,β-unsaturated/α-hetero) is 1. The molecule has 134 valence electrons. The molecule has 0 amide bonds. The summed E-state index contributed by atoms with van der Waals surface area (Å²) in [6, 6.07) is 7.71. The van der Waals surface area contributed by atoms with Crippen LogP contribution in [0.1, 0.15) is 53.7 Å². The Hall–Kier alpha value is -1.92. The minimum absolute atomic E-state index is 0.108. The van der Waals surface area contributed by atoms with Crippen LogP contribution in [0, 0.1) is 0 Å². The van der Waals surface area contributed by atoms with E-state index in [4.69, 9.17) is 11.6 Å². The molecular weight excluding hydrogens is 368 g/mol. The van der Waals surface area contributed by atoms with Crippen LogP contribution in [-0.2, 0) is 6.42 Å². The number of rotatable bonds is 5. The fraction of sp³-hybridized carbons (Fsp3) is 0.368. The summed E-state index contributed by atoms with van der Waals surface area (Å²) in [5.41, 5.74) is 2.59. The molecule has 0 N–H and O–H groups in total. The second kappa shape index (κ2) is 7.37. The van der Waals surface area contributed by atoms with Gasteiger partial charge >= 0.3 is 0 Å². The van der Waals surface area contributed by atoms with Crippen molar-refractivity contribution in [2.45, 2.75) is 43.7 Å². The Morgan fingerprint density at radius 3 is 2.81 bits per heavy atom. The number of halogens is 1. The Kier molecular flexibility index (Phi) is 4.96. The summed E-state index contributed by atoms with van der Waals surface area (Å²) in [7, 11) is 0. The average molecular weight is 387 g/mol. The average Bonchev–Trinajstić information content (AvgIpc) is 3.02. The zero-order valence-electron chi connectivity index (χ0n) is 14.5. The van der Waals surface area contributed by atoms with Crippen molar-refractivity contribution in [1.29, 1.82) is 0 Å². The van der Waals surface area contributed by atoms with Gasteiger partial charge in [0.2, 0.25) is 5.16 Å². The Labute approximate surface area is 161 Å². The molecule has 1 aliphatic rings. The van der Waals surface area contributed by atoms with E-state index in [2.05, 4.69) is 22.0 Å². The maximum atomic E-state index is 12.7. The van der Waals surface area contributed by atoms with E-state index in [0.717, 1.165) is 41.4 Å². The second-order valence-electron chi connectivity index (χ2n) is 6.52. The summed E-state index contributed by atoms with van der Waals surface area (Å²) in [5, 5.41) is 5.87. The van der Waals surface area contributed by atoms with Gasteiger partial charge in [-0.05, 0) is 36.5 Å². The third-order valence-corrected chi connectivity index (χ3v) is 5.81. The lowest BCUT2D eigenvalue weighted by Gasteiger charge is -2.23. The summed E-state index contributed by atoms with van der Waals surface area (Å²) < 4.78 is 1.63. The van der Waals surface area contributed by atoms with Gasteiger partial charge in [0.25, 0.3) is 5.78 Å². The van der Waals surface area contributed by atoms with Crippen LogP contribution in [0.2, 0.25) is 5.02 Å². The SMILES string of the molecule is CCCCSc1nc2nc3c(cn2n1)C(=O)C[C@H](c1ccc(Cl)cc1)C3. The molecule has 0 spiro atoms. The van der Waals surface area contributed by atoms with E-state index in [1.165, 1.54) is 0 Å². The van der Waals surface area contributed by atoms with Crippen molar-refractivity contribution in [3.05, 3.63) is 52.3 Å². The van der Waals surface area contributed by atoms with Crippen LogP contribution in [0.25, 0.3) is 5.78 Å². The van der Waals surface area contributed by atoms with Crippen LogP contribution >= 0.6 is 23.4 Å². The van der Waals surface area contributed by atoms with Gasteiger partial charge in [0, 0.05) is 23.4 Å². The maximum Gasteiger partial charge on any atom is 0.253 e. The number of fused-ring (bicyclic) bond motifs is 2. The number of unbranched alkanes of at least 4 members (excludes halogenated alkanes) is 1. The van der Waals surface area contributed by atoms with Gasteiger partial charge < -0.3 is 0 Å². The zero-order valence-corrected chi connectivity index (χ0v) is 16.1. The normalized spacial score (nSPS) is 16.8. The zero-order chi connectivity index (χ0) is 18.1. The van der Waals surface area contributed by atoms with E-state index >= 15 is 0 Å². The highest BCUT2D eigenvalue weighted by molar-refractivity contribution is 7.99. The number of hydrogen-bond donors (Lipinski definition) is 0. The van der Waals surface area contributed by atoms with Gasteiger partial charge in [0.05, 0.1) is 11.3 Å². The lowest BCUT2D eigenvalue weighted by atomic mass is 9.82. The molecule has 0 unspecified atom stereocenters. The van der Waals surface area contributed by atoms with Gasteiger partial charge in [-0.3, -0.25) is 4.79 Å². The summed E-state index contributed by atoms with van der Waals surface area (Å²) in [5.74, 6) is 1.79. The van der Waals surface area contributed by atoms with E-state index in [0.29, 0.717) is 22.8 Å². The third-order valence-electron chi connectivity index (χ3n) is 4.63. The Morgan fingerprint density at radius 1 is 1.23 bits per heavy atom. The summed E-state index contributed by atoms with van der Waals surface area (Å²) >= 11 is 7.61. The molecule has 3 aromatic rings. The highest BCUT2D eigenvalue weighted by Gasteiger charge is 2.28. The van der Waals surface area contributed by atoms with Crippen molar-refractivity contribution >= 4 is 34.9 Å². The molecule has 5 nitrogen and oxygen atoms in total. The largest absolute Gasteiger partial charge is 0.294 e. The summed E-state index contributed by atoms with van der Waals surface area (Å²) in [6.07, 6.45) is 5.27. The minimum Gasteiger partial charge on any atom is -0.294 e. The minimum atomic E-state index is 0.108. The van der Waals surface area contributed by atoms with E-state index < -0.39 is 0 Å². The molecule has 1 aliphatic carbocycles. The molecule has 4 rings (SSSR count). The quantitative estimate of drug-likeness (QED) is 0.474. The van der Waals surface area contributed by atoms with Crippen molar-refractivity contribution in [1.82, 2.24) is 19.6 Å². The highest BCUT2D eigenvalue weighted by atomic mass is 35.5. The maximum absolute atomic E-state index is 12.7. The van der Waals surface area contributed by atoms with E-state index in [9.17, 15) is 4.79 Å². The van der Waals surface area contributed by atoms with Crippen LogP contribution < -0.4 is 0 Å². The fourth-order valence-corrected chi connectivity index (χ4v) is 4.24. The van der Waals surface area contributed by atoms with Gasteiger partial charge in [-0.1, -0.05) is 48.8 Å². The van der Waals surface area contributed by atoms with Crippen LogP contribution in [0.5, 0.6) is 0 Å². The number of benzene rings is 1. The first kappa shape index (κ1) is 17.5. The molecule has 2 aromatic heterocycles. The molecule has 0 fully saturated rings. The second-order valence-corrected chi connectivity index (χ2v) is 8.02. The number of carbonyl (C=O) groups excluding carboxylic acids is 1. The molecule has 7 heteroatoms. The molecule has 1 atom stereocenters. The first-order chi connectivity index (χ1) is 12.6. The van der Waals surface area contributed by atoms with Gasteiger partial charge in [-0.25, -0.2) is 9.50 Å².